The molecular weight excluding hydrogens is 387 g/mol. The van der Waals surface area contributed by atoms with Crippen molar-refractivity contribution in [1.82, 2.24) is 14.6 Å². The van der Waals surface area contributed by atoms with E-state index < -0.39 is 11.7 Å². The van der Waals surface area contributed by atoms with Crippen LogP contribution in [0.15, 0.2) is 30.5 Å². The number of hydrogen-bond donors (Lipinski definition) is 3. The van der Waals surface area contributed by atoms with Crippen molar-refractivity contribution in [1.29, 1.82) is 0 Å². The number of aldehydes is 1. The van der Waals surface area contributed by atoms with Gasteiger partial charge in [-0.2, -0.15) is 18.3 Å². The Morgan fingerprint density at radius 1 is 1.21 bits per heavy atom. The number of alkyl halides is 3. The lowest BCUT2D eigenvalue weighted by molar-refractivity contribution is -0.137. The highest BCUT2D eigenvalue weighted by molar-refractivity contribution is 5.79. The molecule has 0 aliphatic heterocycles. The van der Waals surface area contributed by atoms with E-state index in [-0.39, 0.29) is 17.9 Å². The molecule has 0 unspecified atom stereocenters. The maximum Gasteiger partial charge on any atom is 0.416 e. The van der Waals surface area contributed by atoms with Gasteiger partial charge in [0.25, 0.3) is 0 Å². The smallest absolute Gasteiger partial charge is 0.400 e. The first-order valence-electron chi connectivity index (χ1n) is 8.74. The lowest BCUT2D eigenvalue weighted by Gasteiger charge is -2.12. The summed E-state index contributed by atoms with van der Waals surface area (Å²) in [5, 5.41) is 14.0. The minimum absolute atomic E-state index is 0.0292. The molecule has 10 heteroatoms. The van der Waals surface area contributed by atoms with Crippen LogP contribution in [0.1, 0.15) is 41.2 Å². The summed E-state index contributed by atoms with van der Waals surface area (Å²) in [7, 11) is 1.00. The number of rotatable bonds is 4. The number of hydrogen-bond acceptors (Lipinski definition) is 6. The summed E-state index contributed by atoms with van der Waals surface area (Å²) in [6.07, 6.45) is -2.21. The van der Waals surface area contributed by atoms with E-state index in [0.29, 0.717) is 28.9 Å². The number of halogens is 3. The molecule has 0 fully saturated rings. The average molecular weight is 411 g/mol. The summed E-state index contributed by atoms with van der Waals surface area (Å²) < 4.78 is 40.1. The van der Waals surface area contributed by atoms with Gasteiger partial charge >= 0.3 is 6.18 Å². The summed E-state index contributed by atoms with van der Waals surface area (Å²) in [6.45, 7) is 5.83. The number of benzene rings is 1. The van der Waals surface area contributed by atoms with Crippen LogP contribution in [0, 0.1) is 6.92 Å². The first kappa shape index (κ1) is 23.9. The zero-order valence-corrected chi connectivity index (χ0v) is 16.6. The molecule has 0 bridgehead atoms. The van der Waals surface area contributed by atoms with Gasteiger partial charge in [0, 0.05) is 19.3 Å². The molecule has 0 aliphatic carbocycles. The van der Waals surface area contributed by atoms with Crippen LogP contribution >= 0.6 is 0 Å². The quantitative estimate of drug-likeness (QED) is 0.447. The highest BCUT2D eigenvalue weighted by Crippen LogP contribution is 2.31. The van der Waals surface area contributed by atoms with Gasteiger partial charge in [0.1, 0.15) is 11.2 Å². The normalized spacial score (nSPS) is 10.5. The summed E-state index contributed by atoms with van der Waals surface area (Å²) in [6, 6.07) is 4.92. The van der Waals surface area contributed by atoms with Gasteiger partial charge in [-0.1, -0.05) is 13.8 Å². The Hall–Kier alpha value is -3.14. The molecule has 29 heavy (non-hydrogen) atoms. The van der Waals surface area contributed by atoms with Crippen LogP contribution in [0.3, 0.4) is 0 Å². The van der Waals surface area contributed by atoms with E-state index in [1.807, 2.05) is 13.8 Å². The topological polar surface area (TPSA) is 106 Å². The van der Waals surface area contributed by atoms with E-state index in [4.69, 9.17) is 10.8 Å². The standard InChI is InChI=1S/C16H14F3N5O.C2H6.CH4O/c1-9-7-24-14(5-13(8-25)23-24)15(22-9)21-6-10-2-11(16(17,18)19)4-12(20)3-10;2*1-2/h2-5,7-8H,6,20H2,1H3,(H,21,22);1-2H3;2H,1H3. The largest absolute Gasteiger partial charge is 0.416 e. The zero-order chi connectivity index (χ0) is 22.2. The van der Waals surface area contributed by atoms with Gasteiger partial charge in [-0.15, -0.1) is 0 Å². The molecule has 3 rings (SSSR count). The van der Waals surface area contributed by atoms with Gasteiger partial charge in [0.15, 0.2) is 12.1 Å². The highest BCUT2D eigenvalue weighted by Gasteiger charge is 2.31. The lowest BCUT2D eigenvalue weighted by Crippen LogP contribution is -2.09. The van der Waals surface area contributed by atoms with Gasteiger partial charge in [-0.05, 0) is 36.8 Å². The molecule has 2 heterocycles. The Labute approximate surface area is 166 Å². The molecule has 0 saturated carbocycles. The second-order valence-corrected chi connectivity index (χ2v) is 5.56. The van der Waals surface area contributed by atoms with Gasteiger partial charge in [0.05, 0.1) is 17.5 Å². The minimum Gasteiger partial charge on any atom is -0.400 e. The molecule has 0 aliphatic rings. The molecule has 7 nitrogen and oxygen atoms in total. The van der Waals surface area contributed by atoms with Crippen LogP contribution in [-0.4, -0.2) is 33.1 Å². The fourth-order valence-electron chi connectivity index (χ4n) is 2.49. The number of carbonyl (C=O) groups is 1. The van der Waals surface area contributed by atoms with Crippen molar-refractivity contribution in [3.63, 3.8) is 0 Å². The second kappa shape index (κ2) is 10.4. The van der Waals surface area contributed by atoms with E-state index in [0.717, 1.165) is 19.2 Å². The van der Waals surface area contributed by atoms with Crippen molar-refractivity contribution in [3.05, 3.63) is 53.0 Å². The molecular formula is C19H24F3N5O2. The second-order valence-electron chi connectivity index (χ2n) is 5.56. The van der Waals surface area contributed by atoms with Crippen molar-refractivity contribution in [2.24, 2.45) is 0 Å². The summed E-state index contributed by atoms with van der Waals surface area (Å²) in [5.41, 5.74) is 6.57. The summed E-state index contributed by atoms with van der Waals surface area (Å²) in [4.78, 5) is 15.2. The van der Waals surface area contributed by atoms with Crippen molar-refractivity contribution < 1.29 is 23.1 Å². The van der Waals surface area contributed by atoms with Crippen molar-refractivity contribution in [2.45, 2.75) is 33.5 Å². The number of nitrogens with one attached hydrogen (secondary N) is 1. The third kappa shape index (κ3) is 6.18. The lowest BCUT2D eigenvalue weighted by atomic mass is 10.1. The number of fused-ring (bicyclic) bond motifs is 1. The molecule has 1 aromatic carbocycles. The molecule has 158 valence electrons. The third-order valence-corrected chi connectivity index (χ3v) is 3.52. The fraction of sp³-hybridized carbons (Fsp3) is 0.316. The number of nitrogens with zero attached hydrogens (tertiary/aromatic N) is 3. The molecule has 2 aromatic heterocycles. The van der Waals surface area contributed by atoms with Gasteiger partial charge in [-0.3, -0.25) is 4.79 Å². The Kier molecular flexibility index (Phi) is 8.58. The molecule has 0 spiro atoms. The van der Waals surface area contributed by atoms with Gasteiger partial charge in [0.2, 0.25) is 0 Å². The third-order valence-electron chi connectivity index (χ3n) is 3.52. The van der Waals surface area contributed by atoms with Crippen molar-refractivity contribution in [2.75, 3.05) is 18.2 Å². The first-order chi connectivity index (χ1) is 13.8. The summed E-state index contributed by atoms with van der Waals surface area (Å²) in [5.74, 6) is 0.414. The van der Waals surface area contributed by atoms with E-state index in [1.165, 1.54) is 10.6 Å². The van der Waals surface area contributed by atoms with Crippen molar-refractivity contribution in [3.8, 4) is 0 Å². The average Bonchev–Trinajstić information content (AvgIpc) is 3.11. The number of nitrogens with two attached hydrogens (primary N) is 1. The monoisotopic (exact) mass is 411 g/mol. The highest BCUT2D eigenvalue weighted by atomic mass is 19.4. The van der Waals surface area contributed by atoms with Gasteiger partial charge in [-0.25, -0.2) is 9.50 Å². The molecule has 4 N–H and O–H groups in total. The molecule has 0 atom stereocenters. The Morgan fingerprint density at radius 2 is 1.86 bits per heavy atom. The predicted molar refractivity (Wildman–Crippen MR) is 106 cm³/mol. The number of aliphatic hydroxyl groups excluding tert-OH is 1. The Bertz CT molecular complexity index is 955. The summed E-state index contributed by atoms with van der Waals surface area (Å²) >= 11 is 0. The number of anilines is 2. The van der Waals surface area contributed by atoms with E-state index in [1.54, 1.807) is 19.2 Å². The van der Waals surface area contributed by atoms with E-state index in [2.05, 4.69) is 15.4 Å². The number of carbonyl (C=O) groups excluding carboxylic acids is 1. The Morgan fingerprint density at radius 3 is 2.45 bits per heavy atom. The van der Waals surface area contributed by atoms with Crippen LogP contribution in [0.25, 0.3) is 5.52 Å². The number of aliphatic hydroxyl groups is 1. The van der Waals surface area contributed by atoms with Crippen molar-refractivity contribution >= 4 is 23.3 Å². The predicted octanol–water partition coefficient (Wildman–Crippen LogP) is 3.70. The minimum atomic E-state index is -4.47. The SMILES string of the molecule is CC.CO.Cc1cn2nc(C=O)cc2c(NCc2cc(N)cc(C(F)(F)F)c2)n1. The number of aryl methyl sites for hydroxylation is 1. The molecule has 0 radical (unpaired) electrons. The fourth-order valence-corrected chi connectivity index (χ4v) is 2.49. The molecule has 3 aromatic rings. The van der Waals surface area contributed by atoms with Crippen LogP contribution in [0.5, 0.6) is 0 Å². The van der Waals surface area contributed by atoms with E-state index in [9.17, 15) is 18.0 Å². The first-order valence-corrected chi connectivity index (χ1v) is 8.74. The zero-order valence-electron chi connectivity index (χ0n) is 16.6. The molecule has 0 saturated heterocycles. The van der Waals surface area contributed by atoms with E-state index >= 15 is 0 Å². The van der Waals surface area contributed by atoms with Crippen LogP contribution in [0.4, 0.5) is 24.7 Å². The maximum atomic E-state index is 12.9. The molecule has 0 amide bonds. The number of aromatic nitrogens is 3. The van der Waals surface area contributed by atoms with Crippen LogP contribution < -0.4 is 11.1 Å². The van der Waals surface area contributed by atoms with Gasteiger partial charge < -0.3 is 16.2 Å². The number of nitrogen functional groups attached to an aromatic ring is 1. The maximum absolute atomic E-state index is 12.9. The van der Waals surface area contributed by atoms with Crippen LogP contribution in [-0.2, 0) is 12.7 Å². The Balaban J connectivity index is 0.000000989. The van der Waals surface area contributed by atoms with Crippen LogP contribution in [0.2, 0.25) is 0 Å².